The fraction of sp³-hybridized carbons (Fsp3) is 0.667. The quantitative estimate of drug-likeness (QED) is 0.215. The molecule has 0 aromatic heterocycles. The first-order chi connectivity index (χ1) is 12.7. The van der Waals surface area contributed by atoms with Crippen molar-refractivity contribution >= 4 is 24.1 Å². The molecule has 1 atom stereocenters. The molecule has 1 aromatic carbocycles. The van der Waals surface area contributed by atoms with Gasteiger partial charge in [0, 0.05) is 0 Å². The summed E-state index contributed by atoms with van der Waals surface area (Å²) < 4.78 is 6.47. The van der Waals surface area contributed by atoms with Gasteiger partial charge in [-0.25, -0.2) is 0 Å². The summed E-state index contributed by atoms with van der Waals surface area (Å²) in [5.74, 6) is 0.785. The Labute approximate surface area is 167 Å². The van der Waals surface area contributed by atoms with Crippen LogP contribution in [0.4, 0.5) is 5.69 Å². The first-order valence-corrected chi connectivity index (χ1v) is 19.2. The predicted molar refractivity (Wildman–Crippen MR) is 121 cm³/mol. The van der Waals surface area contributed by atoms with Crippen molar-refractivity contribution in [2.75, 3.05) is 18.0 Å². The molecule has 1 aliphatic heterocycles. The first kappa shape index (κ1) is 21.9. The number of rotatable bonds is 13. The molecule has 1 unspecified atom stereocenters. The molecule has 146 valence electrons. The molecular weight excluding hydrogens is 421 g/mol. The normalized spacial score (nSPS) is 16.7. The summed E-state index contributed by atoms with van der Waals surface area (Å²) in [6.45, 7) is 13.4. The van der Waals surface area contributed by atoms with Gasteiger partial charge in [0.25, 0.3) is 0 Å². The standard InChI is InChI=1S/C12H14N.3C4H9.Sn/c1-3-8-13-9-10(2)11-6-4-5-7-12(11)13;3*1-3-4-2;/h3-7,10H,1-2,8-9H2;3*1,3-4H2,2H3;. The molecule has 2 rings (SSSR count). The predicted octanol–water partition coefficient (Wildman–Crippen LogP) is 7.63. The van der Waals surface area contributed by atoms with Crippen LogP contribution < -0.4 is 4.90 Å². The second kappa shape index (κ2) is 11.4. The van der Waals surface area contributed by atoms with E-state index in [-0.39, 0.29) is 0 Å². The van der Waals surface area contributed by atoms with Crippen LogP contribution in [0.1, 0.15) is 70.8 Å². The Hall–Kier alpha value is -0.441. The molecule has 0 N–H and O–H groups in total. The number of benzene rings is 1. The van der Waals surface area contributed by atoms with Crippen LogP contribution in [0, 0.1) is 0 Å². The number of anilines is 1. The zero-order valence-corrected chi connectivity index (χ0v) is 20.5. The maximum absolute atomic E-state index is 3.99. The molecule has 0 spiro atoms. The molecule has 0 bridgehead atoms. The molecule has 0 aliphatic carbocycles. The third kappa shape index (κ3) is 5.78. The van der Waals surface area contributed by atoms with Crippen molar-refractivity contribution in [1.29, 1.82) is 0 Å². The van der Waals surface area contributed by atoms with Gasteiger partial charge in [0.1, 0.15) is 0 Å². The maximum atomic E-state index is 3.99. The number of hydrogen-bond acceptors (Lipinski definition) is 1. The zero-order valence-electron chi connectivity index (χ0n) is 17.6. The number of nitrogens with zero attached hydrogens (tertiary/aromatic N) is 1. The van der Waals surface area contributed by atoms with Gasteiger partial charge in [0.05, 0.1) is 0 Å². The number of unbranched alkanes of at least 4 members (excludes halogenated alkanes) is 3. The molecule has 0 amide bonds. The van der Waals surface area contributed by atoms with Gasteiger partial charge < -0.3 is 0 Å². The zero-order chi connectivity index (χ0) is 18.8. The fourth-order valence-corrected chi connectivity index (χ4v) is 22.3. The second-order valence-corrected chi connectivity index (χ2v) is 22.5. The summed E-state index contributed by atoms with van der Waals surface area (Å²) in [6, 6.07) is 9.21. The van der Waals surface area contributed by atoms with Crippen molar-refractivity contribution in [3.8, 4) is 0 Å². The van der Waals surface area contributed by atoms with E-state index in [9.17, 15) is 0 Å². The van der Waals surface area contributed by atoms with E-state index in [0.717, 1.165) is 12.5 Å². The van der Waals surface area contributed by atoms with Crippen LogP contribution in [0.15, 0.2) is 36.9 Å². The van der Waals surface area contributed by atoms with Gasteiger partial charge in [-0.1, -0.05) is 0 Å². The van der Waals surface area contributed by atoms with Crippen LogP contribution in [-0.2, 0) is 0 Å². The van der Waals surface area contributed by atoms with Crippen LogP contribution in [-0.4, -0.2) is 31.5 Å². The van der Waals surface area contributed by atoms with E-state index < -0.39 is 18.4 Å². The van der Waals surface area contributed by atoms with Crippen LogP contribution in [0.5, 0.6) is 0 Å². The topological polar surface area (TPSA) is 3.24 Å². The van der Waals surface area contributed by atoms with E-state index >= 15 is 0 Å². The minimum atomic E-state index is -2.09. The Morgan fingerprint density at radius 3 is 2.12 bits per heavy atom. The van der Waals surface area contributed by atoms with E-state index in [0.29, 0.717) is 0 Å². The average Bonchev–Trinajstić information content (AvgIpc) is 3.00. The van der Waals surface area contributed by atoms with Gasteiger partial charge in [-0.2, -0.15) is 0 Å². The van der Waals surface area contributed by atoms with Gasteiger partial charge in [0.2, 0.25) is 0 Å². The number of fused-ring (bicyclic) bond motifs is 1. The van der Waals surface area contributed by atoms with E-state index in [1.807, 2.05) is 0 Å². The Morgan fingerprint density at radius 2 is 1.58 bits per heavy atom. The van der Waals surface area contributed by atoms with Gasteiger partial charge in [0.15, 0.2) is 0 Å². The summed E-state index contributed by atoms with van der Waals surface area (Å²) >= 11 is -2.09. The van der Waals surface area contributed by atoms with E-state index in [1.54, 1.807) is 23.3 Å². The Bertz CT molecular complexity index is 517. The molecule has 0 saturated carbocycles. The number of hydrogen-bond donors (Lipinski definition) is 0. The van der Waals surface area contributed by atoms with Gasteiger partial charge >= 0.3 is 167 Å². The van der Waals surface area contributed by atoms with E-state index in [1.165, 1.54) is 50.8 Å². The second-order valence-electron chi connectivity index (χ2n) is 8.46. The van der Waals surface area contributed by atoms with Gasteiger partial charge in [-0.15, -0.1) is 0 Å². The summed E-state index contributed by atoms with van der Waals surface area (Å²) in [6.07, 6.45) is 10.6. The van der Waals surface area contributed by atoms with Crippen molar-refractivity contribution in [3.05, 3.63) is 42.5 Å². The SMILES string of the molecule is C=CCN1CC([CH2][Sn]([CH2]CCC)([CH2]CCC)[CH2]CCC)c2ccccc21. The molecule has 1 heterocycles. The summed E-state index contributed by atoms with van der Waals surface area (Å²) in [5.41, 5.74) is 3.12. The van der Waals surface area contributed by atoms with Crippen molar-refractivity contribution in [2.45, 2.75) is 83.0 Å². The minimum absolute atomic E-state index is 0.785. The third-order valence-electron chi connectivity index (χ3n) is 6.37. The van der Waals surface area contributed by atoms with Crippen LogP contribution in [0.25, 0.3) is 0 Å². The van der Waals surface area contributed by atoms with Crippen molar-refractivity contribution in [1.82, 2.24) is 0 Å². The summed E-state index contributed by atoms with van der Waals surface area (Å²) in [4.78, 5) is 2.57. The monoisotopic (exact) mass is 463 g/mol. The van der Waals surface area contributed by atoms with Crippen molar-refractivity contribution < 1.29 is 0 Å². The van der Waals surface area contributed by atoms with Crippen molar-refractivity contribution in [3.63, 3.8) is 0 Å². The Morgan fingerprint density at radius 1 is 1.00 bits per heavy atom. The number of para-hydroxylation sites is 1. The van der Waals surface area contributed by atoms with Gasteiger partial charge in [-0.3, -0.25) is 0 Å². The fourth-order valence-electron chi connectivity index (χ4n) is 4.95. The average molecular weight is 462 g/mol. The van der Waals surface area contributed by atoms with Crippen LogP contribution in [0.3, 0.4) is 0 Å². The third-order valence-corrected chi connectivity index (χ3v) is 22.4. The summed E-state index contributed by atoms with van der Waals surface area (Å²) in [7, 11) is 0. The van der Waals surface area contributed by atoms with Crippen LogP contribution >= 0.6 is 0 Å². The van der Waals surface area contributed by atoms with Crippen molar-refractivity contribution in [2.24, 2.45) is 0 Å². The molecule has 1 aromatic rings. The molecule has 0 radical (unpaired) electrons. The summed E-state index contributed by atoms with van der Waals surface area (Å²) in [5, 5.41) is 0. The van der Waals surface area contributed by atoms with Gasteiger partial charge in [-0.05, 0) is 0 Å². The Kier molecular flexibility index (Phi) is 9.59. The molecular formula is C24H41NSn. The first-order valence-electron chi connectivity index (χ1n) is 11.1. The van der Waals surface area contributed by atoms with E-state index in [2.05, 4.69) is 62.6 Å². The molecule has 26 heavy (non-hydrogen) atoms. The molecule has 0 fully saturated rings. The van der Waals surface area contributed by atoms with E-state index in [4.69, 9.17) is 0 Å². The van der Waals surface area contributed by atoms with Crippen LogP contribution in [0.2, 0.25) is 17.7 Å². The molecule has 1 nitrogen and oxygen atoms in total. The Balaban J connectivity index is 2.23. The molecule has 0 saturated heterocycles. The molecule has 1 aliphatic rings. The molecule has 2 heteroatoms.